The van der Waals surface area contributed by atoms with Crippen molar-refractivity contribution in [2.75, 3.05) is 25.6 Å². The smallest absolute Gasteiger partial charge is 0.287 e. The molecule has 3 rings (SSSR count). The van der Waals surface area contributed by atoms with Crippen molar-refractivity contribution in [3.63, 3.8) is 0 Å². The van der Waals surface area contributed by atoms with Crippen LogP contribution in [0.5, 0.6) is 0 Å². The van der Waals surface area contributed by atoms with Crippen molar-refractivity contribution in [2.45, 2.75) is 49.7 Å². The number of nitrogens with zero attached hydrogens (tertiary/aromatic N) is 3. The van der Waals surface area contributed by atoms with Gasteiger partial charge in [-0.05, 0) is 31.4 Å². The molecule has 0 aromatic carbocycles. The van der Waals surface area contributed by atoms with Crippen molar-refractivity contribution >= 4 is 23.5 Å². The minimum Gasteiger partial charge on any atom is -0.455 e. The predicted molar refractivity (Wildman–Crippen MR) is 105 cm³/mol. The molecule has 2 aromatic heterocycles. The van der Waals surface area contributed by atoms with E-state index in [1.54, 1.807) is 13.2 Å². The van der Waals surface area contributed by atoms with Crippen molar-refractivity contribution < 1.29 is 13.9 Å². The van der Waals surface area contributed by atoms with Gasteiger partial charge in [-0.2, -0.15) is 0 Å². The summed E-state index contributed by atoms with van der Waals surface area (Å²) in [5, 5.41) is 3.60. The first-order valence-corrected chi connectivity index (χ1v) is 10.2. The zero-order valence-electron chi connectivity index (χ0n) is 16.0. The van der Waals surface area contributed by atoms with Gasteiger partial charge in [-0.25, -0.2) is 9.97 Å². The van der Waals surface area contributed by atoms with Crippen LogP contribution in [0.25, 0.3) is 0 Å². The van der Waals surface area contributed by atoms with Gasteiger partial charge in [0.1, 0.15) is 11.6 Å². The lowest BCUT2D eigenvalue weighted by molar-refractivity contribution is 0.0922. The Kier molecular flexibility index (Phi) is 6.73. The average Bonchev–Trinajstić information content (AvgIpc) is 3.33. The van der Waals surface area contributed by atoms with Gasteiger partial charge in [-0.1, -0.05) is 18.7 Å². The van der Waals surface area contributed by atoms with Gasteiger partial charge in [0.05, 0.1) is 18.1 Å². The molecule has 0 spiro atoms. The maximum atomic E-state index is 12.0. The van der Waals surface area contributed by atoms with Crippen molar-refractivity contribution in [2.24, 2.45) is 0 Å². The first kappa shape index (κ1) is 19.7. The third kappa shape index (κ3) is 5.71. The van der Waals surface area contributed by atoms with E-state index in [0.29, 0.717) is 29.3 Å². The van der Waals surface area contributed by atoms with Crippen molar-refractivity contribution in [3.8, 4) is 0 Å². The van der Waals surface area contributed by atoms with E-state index in [-0.39, 0.29) is 5.91 Å². The number of ether oxygens (including phenoxy) is 1. The highest BCUT2D eigenvalue weighted by molar-refractivity contribution is 7.98. The molecule has 27 heavy (non-hydrogen) atoms. The summed E-state index contributed by atoms with van der Waals surface area (Å²) in [6, 6.07) is 5.82. The Morgan fingerprint density at radius 1 is 1.41 bits per heavy atom. The van der Waals surface area contributed by atoms with Crippen molar-refractivity contribution in [1.82, 2.24) is 15.3 Å². The van der Waals surface area contributed by atoms with E-state index in [9.17, 15) is 4.79 Å². The van der Waals surface area contributed by atoms with Crippen LogP contribution >= 0.6 is 11.8 Å². The number of rotatable bonds is 10. The zero-order valence-corrected chi connectivity index (χ0v) is 16.8. The lowest BCUT2D eigenvalue weighted by Gasteiger charge is -2.18. The van der Waals surface area contributed by atoms with Crippen molar-refractivity contribution in [3.05, 3.63) is 35.4 Å². The summed E-state index contributed by atoms with van der Waals surface area (Å²) in [4.78, 5) is 23.3. The van der Waals surface area contributed by atoms with Gasteiger partial charge < -0.3 is 19.4 Å². The Morgan fingerprint density at radius 3 is 2.93 bits per heavy atom. The van der Waals surface area contributed by atoms with Crippen LogP contribution in [0.3, 0.4) is 0 Å². The maximum Gasteiger partial charge on any atom is 0.287 e. The zero-order chi connectivity index (χ0) is 19.2. The molecule has 2 heterocycles. The van der Waals surface area contributed by atoms with Crippen LogP contribution in [-0.2, 0) is 17.1 Å². The Hall–Kier alpha value is -2.06. The molecule has 1 saturated carbocycles. The number of thioether (sulfide) groups is 1. The minimum absolute atomic E-state index is 0.143. The third-order valence-electron chi connectivity index (χ3n) is 4.13. The molecule has 1 amide bonds. The van der Waals surface area contributed by atoms with Crippen LogP contribution in [0, 0.1) is 0 Å². The molecule has 1 fully saturated rings. The fourth-order valence-electron chi connectivity index (χ4n) is 2.59. The molecule has 0 radical (unpaired) electrons. The maximum absolute atomic E-state index is 12.0. The molecule has 1 aliphatic carbocycles. The van der Waals surface area contributed by atoms with Crippen LogP contribution in [-0.4, -0.2) is 42.6 Å². The van der Waals surface area contributed by atoms with E-state index in [1.165, 1.54) is 11.8 Å². The molecular weight excluding hydrogens is 364 g/mol. The molecule has 0 aliphatic heterocycles. The molecular formula is C19H26N4O3S. The second kappa shape index (κ2) is 9.23. The molecule has 7 nitrogen and oxygen atoms in total. The van der Waals surface area contributed by atoms with E-state index >= 15 is 0 Å². The molecule has 0 saturated heterocycles. The Morgan fingerprint density at radius 2 is 2.22 bits per heavy atom. The number of amides is 1. The first-order valence-electron chi connectivity index (χ1n) is 9.19. The summed E-state index contributed by atoms with van der Waals surface area (Å²) in [6.45, 7) is 3.50. The Labute approximate surface area is 163 Å². The number of aromatic nitrogens is 2. The summed E-state index contributed by atoms with van der Waals surface area (Å²) >= 11 is 1.48. The minimum atomic E-state index is -0.143. The Balaban J connectivity index is 1.65. The first-order chi connectivity index (χ1) is 13.1. The molecule has 0 atom stereocenters. The number of carbonyl (C=O) groups excluding carboxylic acids is 1. The highest BCUT2D eigenvalue weighted by Gasteiger charge is 2.25. The second-order valence-electron chi connectivity index (χ2n) is 6.66. The van der Waals surface area contributed by atoms with Crippen LogP contribution in [0.15, 0.2) is 27.8 Å². The SMILES string of the molecule is CCCN(C)c1cc(COC)nc(SCc2ccc(C(=O)NC3CC3)o2)n1. The lowest BCUT2D eigenvalue weighted by atomic mass is 10.3. The van der Waals surface area contributed by atoms with Crippen LogP contribution < -0.4 is 10.2 Å². The van der Waals surface area contributed by atoms with Crippen LogP contribution in [0.1, 0.15) is 48.2 Å². The van der Waals surface area contributed by atoms with Crippen LogP contribution in [0.4, 0.5) is 5.82 Å². The molecule has 0 unspecified atom stereocenters. The number of nitrogens with one attached hydrogen (secondary N) is 1. The highest BCUT2D eigenvalue weighted by Crippen LogP contribution is 2.25. The third-order valence-corrected chi connectivity index (χ3v) is 5.00. The molecule has 2 aromatic rings. The Bertz CT molecular complexity index is 776. The summed E-state index contributed by atoms with van der Waals surface area (Å²) in [5.41, 5.74) is 0.844. The number of methoxy groups -OCH3 is 1. The lowest BCUT2D eigenvalue weighted by Crippen LogP contribution is -2.24. The molecule has 146 valence electrons. The number of furan rings is 1. The highest BCUT2D eigenvalue weighted by atomic mass is 32.2. The number of hydrogen-bond donors (Lipinski definition) is 1. The monoisotopic (exact) mass is 390 g/mol. The summed E-state index contributed by atoms with van der Waals surface area (Å²) in [7, 11) is 3.68. The van der Waals surface area contributed by atoms with Gasteiger partial charge in [0, 0.05) is 32.8 Å². The normalized spacial score (nSPS) is 13.6. The van der Waals surface area contributed by atoms with E-state index in [2.05, 4.69) is 27.1 Å². The van der Waals surface area contributed by atoms with Crippen molar-refractivity contribution in [1.29, 1.82) is 0 Å². The van der Waals surface area contributed by atoms with E-state index < -0.39 is 0 Å². The van der Waals surface area contributed by atoms with E-state index in [1.807, 2.05) is 19.2 Å². The molecule has 1 aliphatic rings. The van der Waals surface area contributed by atoms with Gasteiger partial charge >= 0.3 is 0 Å². The van der Waals surface area contributed by atoms with E-state index in [4.69, 9.17) is 9.15 Å². The van der Waals surface area contributed by atoms with E-state index in [0.717, 1.165) is 43.1 Å². The van der Waals surface area contributed by atoms with Gasteiger partial charge in [-0.15, -0.1) is 0 Å². The second-order valence-corrected chi connectivity index (χ2v) is 7.60. The summed E-state index contributed by atoms with van der Waals surface area (Å²) in [5.74, 6) is 2.38. The van der Waals surface area contributed by atoms with Crippen LogP contribution in [0.2, 0.25) is 0 Å². The van der Waals surface area contributed by atoms with Gasteiger partial charge in [0.25, 0.3) is 5.91 Å². The largest absolute Gasteiger partial charge is 0.455 e. The standard InChI is InChI=1S/C19H26N4O3S/c1-4-9-23(2)17-10-14(11-25-3)21-19(22-17)27-12-15-7-8-16(26-15)18(24)20-13-5-6-13/h7-8,10,13H,4-6,9,11-12H2,1-3H3,(H,20,24). The molecule has 1 N–H and O–H groups in total. The quantitative estimate of drug-likeness (QED) is 0.493. The number of anilines is 1. The summed E-state index contributed by atoms with van der Waals surface area (Å²) in [6.07, 6.45) is 3.15. The van der Waals surface area contributed by atoms with Gasteiger partial charge in [0.15, 0.2) is 10.9 Å². The van der Waals surface area contributed by atoms with Gasteiger partial charge in [-0.3, -0.25) is 4.79 Å². The average molecular weight is 391 g/mol. The molecule has 0 bridgehead atoms. The van der Waals surface area contributed by atoms with Gasteiger partial charge in [0.2, 0.25) is 0 Å². The summed E-state index contributed by atoms with van der Waals surface area (Å²) < 4.78 is 10.9. The molecule has 8 heteroatoms. The fraction of sp³-hybridized carbons (Fsp3) is 0.526. The topological polar surface area (TPSA) is 80.5 Å². The fourth-order valence-corrected chi connectivity index (χ4v) is 3.36. The number of hydrogen-bond acceptors (Lipinski definition) is 7. The number of carbonyl (C=O) groups is 1. The predicted octanol–water partition coefficient (Wildman–Crippen LogP) is 3.25.